The molecule has 2 rings (SSSR count). The van der Waals surface area contributed by atoms with Gasteiger partial charge in [-0.1, -0.05) is 0 Å². The second-order valence-corrected chi connectivity index (χ2v) is 21.2. The molecule has 0 aliphatic carbocycles. The van der Waals surface area contributed by atoms with Gasteiger partial charge in [0.2, 0.25) is 0 Å². The number of aliphatic hydroxyl groups excluding tert-OH is 5. The zero-order chi connectivity index (χ0) is 44.0. The molecule has 35 nitrogen and oxygen atoms in total. The van der Waals surface area contributed by atoms with Crippen LogP contribution in [0.25, 0.3) is 0 Å². The predicted octanol–water partition coefficient (Wildman–Crippen LogP) is -9.84. The highest BCUT2D eigenvalue weighted by atomic mass is 32.3. The van der Waals surface area contributed by atoms with Gasteiger partial charge < -0.3 is 39.7 Å². The summed E-state index contributed by atoms with van der Waals surface area (Å²) in [7, 11) is -65.3. The quantitative estimate of drug-likeness (QED) is 0.0639. The fourth-order valence-corrected chi connectivity index (χ4v) is 15.8. The number of rotatable bonds is 16. The first kappa shape index (κ1) is 50.0. The lowest BCUT2D eigenvalue weighted by molar-refractivity contribution is -0.397. The maximum atomic E-state index is 13.5. The van der Waals surface area contributed by atoms with Crippen molar-refractivity contribution in [1.82, 2.24) is 0 Å². The molecule has 2 heterocycles. The van der Waals surface area contributed by atoms with Crippen LogP contribution in [-0.4, -0.2) is 198 Å². The van der Waals surface area contributed by atoms with Gasteiger partial charge in [-0.2, -0.15) is 71.5 Å². The van der Waals surface area contributed by atoms with E-state index in [1.54, 1.807) is 0 Å². The molecule has 0 amide bonds. The van der Waals surface area contributed by atoms with Crippen molar-refractivity contribution in [3.8, 4) is 0 Å². The highest BCUT2D eigenvalue weighted by Gasteiger charge is 3.05. The van der Waals surface area contributed by atoms with Crippen molar-refractivity contribution in [3.63, 3.8) is 0 Å². The Morgan fingerprint density at radius 2 is 0.945 bits per heavy atom. The summed E-state index contributed by atoms with van der Waals surface area (Å²) in [5, 5.41) is 50.4. The fourth-order valence-electron chi connectivity index (χ4n) is 5.11. The molecular weight excluding hydrogens is 961 g/mol. The van der Waals surface area contributed by atoms with Gasteiger partial charge in [0.25, 0.3) is 10.7 Å². The smallest absolute Gasteiger partial charge is 0.394 e. The minimum absolute atomic E-state index is 1.83. The van der Waals surface area contributed by atoms with Crippen molar-refractivity contribution < 1.29 is 156 Å². The van der Waals surface area contributed by atoms with Crippen LogP contribution in [0.15, 0.2) is 0 Å². The van der Waals surface area contributed by atoms with E-state index in [9.17, 15) is 129 Å². The molecule has 0 aromatic rings. The Bertz CT molecular complexity index is 2400. The molecule has 0 aromatic carbocycles. The molecule has 0 bridgehead atoms. The molecular formula is C12H22O35S8. The van der Waals surface area contributed by atoms with Crippen LogP contribution >= 0.6 is 0 Å². The third-order valence-corrected chi connectivity index (χ3v) is 16.4. The summed E-state index contributed by atoms with van der Waals surface area (Å²) in [6.07, 6.45) is -16.6. The maximum absolute atomic E-state index is 13.5. The van der Waals surface area contributed by atoms with Gasteiger partial charge in [0, 0.05) is 0 Å². The van der Waals surface area contributed by atoms with E-state index in [4.69, 9.17) is 0 Å². The summed E-state index contributed by atoms with van der Waals surface area (Å²) in [4.78, 5) is -21.2. The average molecular weight is 983 g/mol. The van der Waals surface area contributed by atoms with E-state index in [1.807, 2.05) is 0 Å². The highest BCUT2D eigenvalue weighted by molar-refractivity contribution is 8.06. The lowest BCUT2D eigenvalue weighted by atomic mass is 9.98. The van der Waals surface area contributed by atoms with E-state index >= 15 is 0 Å². The van der Waals surface area contributed by atoms with E-state index in [-0.39, 0.29) is 0 Å². The Labute approximate surface area is 305 Å². The van der Waals surface area contributed by atoms with Gasteiger partial charge in [0.1, 0.15) is 24.4 Å². The van der Waals surface area contributed by atoms with Gasteiger partial charge in [0.15, 0.2) is 6.29 Å². The van der Waals surface area contributed by atoms with Crippen LogP contribution in [0.5, 0.6) is 0 Å². The monoisotopic (exact) mass is 982 g/mol. The molecule has 2 aliphatic heterocycles. The van der Waals surface area contributed by atoms with Gasteiger partial charge in [-0.25, -0.2) is 8.37 Å². The molecule has 0 radical (unpaired) electrons. The van der Waals surface area contributed by atoms with Gasteiger partial charge in [-0.3, -0.25) is 36.4 Å². The van der Waals surface area contributed by atoms with E-state index in [0.717, 1.165) is 0 Å². The molecule has 9 atom stereocenters. The van der Waals surface area contributed by atoms with Gasteiger partial charge in [-0.05, 0) is 0 Å². The Kier molecular flexibility index (Phi) is 12.9. The number of ether oxygens (including phenoxy) is 3. The van der Waals surface area contributed by atoms with E-state index < -0.39 is 151 Å². The van der Waals surface area contributed by atoms with Crippen LogP contribution in [0.2, 0.25) is 0 Å². The summed E-state index contributed by atoms with van der Waals surface area (Å²) in [5.41, 5.74) is 0. The van der Waals surface area contributed by atoms with E-state index in [2.05, 4.69) is 26.8 Å². The first-order valence-corrected chi connectivity index (χ1v) is 23.4. The Morgan fingerprint density at radius 1 is 0.545 bits per heavy atom. The Hall–Kier alpha value is -1.16. The van der Waals surface area contributed by atoms with Crippen LogP contribution in [0.4, 0.5) is 0 Å². The zero-order valence-electron chi connectivity index (χ0n) is 24.9. The fraction of sp³-hybridized carbons (Fsp3) is 1.00. The largest absolute Gasteiger partial charge is 0.400 e. The normalized spacial score (nSPS) is 35.1. The van der Waals surface area contributed by atoms with Crippen molar-refractivity contribution in [2.45, 2.75) is 55.6 Å². The summed E-state index contributed by atoms with van der Waals surface area (Å²) >= 11 is 0. The summed E-state index contributed by atoms with van der Waals surface area (Å²) < 4.78 is 300. The lowest BCUT2D eigenvalue weighted by Crippen LogP contribution is -2.83. The SMILES string of the molecule is O=S(=O)(O)OC([C@@]1(O[C@H]2O[C@H](CO)[C@@H](O)[C@H](O)[C@H]2O)O[C@@](CO)(S(=O)(=O)O)[C@](OS(=O)(=O)O)(S(=O)(=O)O)[C@@]1(OS(=O)(=O)O)S(=O)(=O)O)(S(=O)(=O)O)S(=O)(=O)O. The Balaban J connectivity index is 4.07. The minimum Gasteiger partial charge on any atom is -0.394 e. The van der Waals surface area contributed by atoms with Crippen molar-refractivity contribution >= 4 is 81.8 Å². The summed E-state index contributed by atoms with van der Waals surface area (Å²) in [6.45, 7) is -5.56. The molecule has 2 fully saturated rings. The van der Waals surface area contributed by atoms with Crippen LogP contribution in [0.1, 0.15) is 0 Å². The van der Waals surface area contributed by atoms with Crippen molar-refractivity contribution in [2.75, 3.05) is 13.2 Å². The molecule has 55 heavy (non-hydrogen) atoms. The standard InChI is InChI=1S/C12H22O35S8/c13-1-3-4(15)5(16)6(17)7(42-3)43-9(12(51(27,28)29,52(30,31)32)47-55(39,40)41)11(50(24,25)26,46-54(36,37)38)10(49(21,22)23,45-53(33,34)35)8(2-14,44-9)48(18,19)20/h3-7,13-17H,1-2H2,(H,18,19,20)(H,21,22,23)(H,24,25,26)(H,27,28,29)(H,30,31,32)(H,33,34,35)(H,36,37,38)(H,39,40,41)/t3-,4-,5+,6-,7-,8+,9+,10+,11+/m1/s1. The number of hydrogen-bond donors (Lipinski definition) is 13. The second-order valence-electron chi connectivity index (χ2n) is 10.1. The minimum atomic E-state index is -8.72. The van der Waals surface area contributed by atoms with Crippen LogP contribution in [-0.2, 0) is 109 Å². The van der Waals surface area contributed by atoms with E-state index in [0.29, 0.717) is 0 Å². The Morgan fingerprint density at radius 3 is 1.24 bits per heavy atom. The zero-order valence-corrected chi connectivity index (χ0v) is 31.4. The molecule has 0 spiro atoms. The topological polar surface area (TPSA) is 591 Å². The molecule has 0 saturated carbocycles. The van der Waals surface area contributed by atoms with Gasteiger partial charge >= 0.3 is 95.9 Å². The van der Waals surface area contributed by atoms with Crippen LogP contribution < -0.4 is 0 Å². The second kappa shape index (κ2) is 14.2. The molecule has 0 unspecified atom stereocenters. The number of hydrogen-bond acceptors (Lipinski definition) is 27. The molecule has 0 aromatic heterocycles. The van der Waals surface area contributed by atoms with Gasteiger partial charge in [-0.15, -0.1) is 0 Å². The van der Waals surface area contributed by atoms with Crippen molar-refractivity contribution in [2.24, 2.45) is 0 Å². The maximum Gasteiger partial charge on any atom is 0.400 e. The molecule has 2 aliphatic rings. The van der Waals surface area contributed by atoms with Crippen LogP contribution in [0, 0.1) is 0 Å². The first-order valence-electron chi connectivity index (χ1n) is 12.1. The van der Waals surface area contributed by atoms with Crippen molar-refractivity contribution in [3.05, 3.63) is 0 Å². The number of aliphatic hydroxyl groups is 5. The highest BCUT2D eigenvalue weighted by Crippen LogP contribution is 2.68. The summed E-state index contributed by atoms with van der Waals surface area (Å²) in [5.74, 6) is -7.30. The predicted molar refractivity (Wildman–Crippen MR) is 152 cm³/mol. The third kappa shape index (κ3) is 7.62. The first-order chi connectivity index (χ1) is 23.9. The molecule has 328 valence electrons. The average Bonchev–Trinajstić information content (AvgIpc) is 3.13. The van der Waals surface area contributed by atoms with Crippen molar-refractivity contribution in [1.29, 1.82) is 0 Å². The summed E-state index contributed by atoms with van der Waals surface area (Å²) in [6, 6.07) is 0. The molecule has 2 saturated heterocycles. The van der Waals surface area contributed by atoms with Gasteiger partial charge in [0.05, 0.1) is 13.2 Å². The van der Waals surface area contributed by atoms with Crippen LogP contribution in [0.3, 0.4) is 0 Å². The third-order valence-electron chi connectivity index (χ3n) is 6.90. The molecule has 13 N–H and O–H groups in total. The molecule has 43 heteroatoms. The lowest BCUT2D eigenvalue weighted by Gasteiger charge is -2.50. The van der Waals surface area contributed by atoms with E-state index in [1.165, 1.54) is 0 Å².